The van der Waals surface area contributed by atoms with Gasteiger partial charge < -0.3 is 5.32 Å². The van der Waals surface area contributed by atoms with Crippen LogP contribution in [0.2, 0.25) is 0 Å². The Kier molecular flexibility index (Phi) is 6.49. The standard InChI is InChI=1S/C14H24N4O3S2/c1-3-7-22-11-14(19)15-9-12-8-13-10-17(23(2,20)21)5-4-6-18(13)16-12/h8H,3-7,9-11H2,1-2H3,(H,15,19). The zero-order valence-electron chi connectivity index (χ0n) is 13.6. The summed E-state index contributed by atoms with van der Waals surface area (Å²) in [6, 6.07) is 1.88. The Bertz CT molecular complexity index is 642. The van der Waals surface area contributed by atoms with Gasteiger partial charge >= 0.3 is 0 Å². The number of nitrogens with one attached hydrogen (secondary N) is 1. The fourth-order valence-corrected chi connectivity index (χ4v) is 3.96. The first kappa shape index (κ1) is 18.3. The van der Waals surface area contributed by atoms with Crippen molar-refractivity contribution < 1.29 is 13.2 Å². The number of hydrogen-bond acceptors (Lipinski definition) is 5. The van der Waals surface area contributed by atoms with E-state index in [0.717, 1.165) is 30.0 Å². The Morgan fingerprint density at radius 3 is 2.91 bits per heavy atom. The molecule has 0 saturated carbocycles. The molecule has 1 aromatic rings. The minimum absolute atomic E-state index is 0.00408. The molecule has 2 heterocycles. The van der Waals surface area contributed by atoms with E-state index in [4.69, 9.17) is 0 Å². The highest BCUT2D eigenvalue weighted by atomic mass is 32.2. The molecule has 1 N–H and O–H groups in total. The van der Waals surface area contributed by atoms with Gasteiger partial charge in [0.25, 0.3) is 0 Å². The molecule has 1 aliphatic rings. The lowest BCUT2D eigenvalue weighted by molar-refractivity contribution is -0.118. The van der Waals surface area contributed by atoms with E-state index in [2.05, 4.69) is 17.3 Å². The summed E-state index contributed by atoms with van der Waals surface area (Å²) in [7, 11) is -3.20. The van der Waals surface area contributed by atoms with Crippen molar-refractivity contribution in [3.8, 4) is 0 Å². The average Bonchev–Trinajstić information content (AvgIpc) is 2.74. The predicted octanol–water partition coefficient (Wildman–Crippen LogP) is 0.808. The smallest absolute Gasteiger partial charge is 0.230 e. The quantitative estimate of drug-likeness (QED) is 0.728. The molecule has 0 fully saturated rings. The van der Waals surface area contributed by atoms with Gasteiger partial charge in [0.15, 0.2) is 0 Å². The van der Waals surface area contributed by atoms with Crippen LogP contribution < -0.4 is 5.32 Å². The topological polar surface area (TPSA) is 84.3 Å². The van der Waals surface area contributed by atoms with Crippen LogP contribution in [0.4, 0.5) is 0 Å². The number of aryl methyl sites for hydroxylation is 1. The van der Waals surface area contributed by atoms with Crippen LogP contribution in [0.1, 0.15) is 31.2 Å². The average molecular weight is 361 g/mol. The van der Waals surface area contributed by atoms with E-state index in [-0.39, 0.29) is 5.91 Å². The van der Waals surface area contributed by atoms with Crippen molar-refractivity contribution in [2.24, 2.45) is 0 Å². The van der Waals surface area contributed by atoms with Gasteiger partial charge in [0.05, 0.1) is 36.5 Å². The van der Waals surface area contributed by atoms with Crippen molar-refractivity contribution in [2.75, 3.05) is 24.3 Å². The van der Waals surface area contributed by atoms with Gasteiger partial charge in [0.2, 0.25) is 15.9 Å². The van der Waals surface area contributed by atoms with E-state index in [9.17, 15) is 13.2 Å². The Morgan fingerprint density at radius 2 is 2.22 bits per heavy atom. The highest BCUT2D eigenvalue weighted by Gasteiger charge is 2.22. The Hall–Kier alpha value is -1.06. The van der Waals surface area contributed by atoms with E-state index < -0.39 is 10.0 Å². The second kappa shape index (κ2) is 8.16. The van der Waals surface area contributed by atoms with Gasteiger partial charge in [0.1, 0.15) is 0 Å². The van der Waals surface area contributed by atoms with Gasteiger partial charge in [0, 0.05) is 13.1 Å². The molecule has 7 nitrogen and oxygen atoms in total. The van der Waals surface area contributed by atoms with Gasteiger partial charge in [-0.05, 0) is 24.7 Å². The van der Waals surface area contributed by atoms with Crippen LogP contribution in [0.5, 0.6) is 0 Å². The third-order valence-electron chi connectivity index (χ3n) is 3.55. The molecule has 0 unspecified atom stereocenters. The number of carbonyl (C=O) groups excluding carboxylic acids is 1. The maximum atomic E-state index is 11.7. The van der Waals surface area contributed by atoms with Crippen LogP contribution in [0.3, 0.4) is 0 Å². The number of aromatic nitrogens is 2. The number of hydrogen-bond donors (Lipinski definition) is 1. The molecule has 0 saturated heterocycles. The van der Waals surface area contributed by atoms with Crippen molar-refractivity contribution in [1.82, 2.24) is 19.4 Å². The number of carbonyl (C=O) groups is 1. The van der Waals surface area contributed by atoms with Gasteiger partial charge in [-0.3, -0.25) is 9.48 Å². The zero-order valence-corrected chi connectivity index (χ0v) is 15.3. The van der Waals surface area contributed by atoms with Crippen molar-refractivity contribution in [2.45, 2.75) is 39.4 Å². The minimum atomic E-state index is -3.20. The summed E-state index contributed by atoms with van der Waals surface area (Å²) in [4.78, 5) is 11.7. The van der Waals surface area contributed by atoms with Crippen LogP contribution >= 0.6 is 11.8 Å². The van der Waals surface area contributed by atoms with E-state index in [1.165, 1.54) is 10.6 Å². The van der Waals surface area contributed by atoms with Crippen molar-refractivity contribution in [1.29, 1.82) is 0 Å². The molecular weight excluding hydrogens is 336 g/mol. The molecule has 0 radical (unpaired) electrons. The fourth-order valence-electron chi connectivity index (χ4n) is 2.41. The first-order valence-electron chi connectivity index (χ1n) is 7.75. The lowest BCUT2D eigenvalue weighted by Gasteiger charge is -2.16. The first-order chi connectivity index (χ1) is 10.9. The summed E-state index contributed by atoms with van der Waals surface area (Å²) in [6.07, 6.45) is 3.03. The number of fused-ring (bicyclic) bond motifs is 1. The number of rotatable bonds is 7. The highest BCUT2D eigenvalue weighted by Crippen LogP contribution is 2.16. The zero-order chi connectivity index (χ0) is 16.9. The lowest BCUT2D eigenvalue weighted by atomic mass is 10.3. The molecule has 2 rings (SSSR count). The van der Waals surface area contributed by atoms with Gasteiger partial charge in [-0.25, -0.2) is 8.42 Å². The maximum Gasteiger partial charge on any atom is 0.230 e. The van der Waals surface area contributed by atoms with Crippen LogP contribution in [0, 0.1) is 0 Å². The SMILES string of the molecule is CCCSCC(=O)NCc1cc2n(n1)CCCN(S(C)(=O)=O)C2. The largest absolute Gasteiger partial charge is 0.350 e. The summed E-state index contributed by atoms with van der Waals surface area (Å²) in [6.45, 7) is 4.02. The summed E-state index contributed by atoms with van der Waals surface area (Å²) < 4.78 is 26.8. The number of sulfonamides is 1. The summed E-state index contributed by atoms with van der Waals surface area (Å²) >= 11 is 1.62. The van der Waals surface area contributed by atoms with Crippen LogP contribution in [0.25, 0.3) is 0 Å². The molecule has 0 spiro atoms. The minimum Gasteiger partial charge on any atom is -0.350 e. The normalized spacial score (nSPS) is 15.9. The van der Waals surface area contributed by atoms with Crippen LogP contribution in [-0.4, -0.2) is 52.7 Å². The lowest BCUT2D eigenvalue weighted by Crippen LogP contribution is -2.29. The number of nitrogens with zero attached hydrogens (tertiary/aromatic N) is 3. The Morgan fingerprint density at radius 1 is 1.43 bits per heavy atom. The molecule has 1 aromatic heterocycles. The van der Waals surface area contributed by atoms with Crippen molar-refractivity contribution >= 4 is 27.7 Å². The second-order valence-corrected chi connectivity index (χ2v) is 8.72. The molecule has 0 aromatic carbocycles. The van der Waals surface area contributed by atoms with E-state index >= 15 is 0 Å². The van der Waals surface area contributed by atoms with Gasteiger partial charge in [-0.2, -0.15) is 21.2 Å². The predicted molar refractivity (Wildman–Crippen MR) is 91.6 cm³/mol. The fraction of sp³-hybridized carbons (Fsp3) is 0.714. The molecule has 1 amide bonds. The van der Waals surface area contributed by atoms with Crippen molar-refractivity contribution in [3.63, 3.8) is 0 Å². The molecule has 1 aliphatic heterocycles. The van der Waals surface area contributed by atoms with E-state index in [1.807, 2.05) is 10.7 Å². The Balaban J connectivity index is 1.93. The molecular formula is C14H24N4O3S2. The number of amides is 1. The number of thioether (sulfide) groups is 1. The van der Waals surface area contributed by atoms with Gasteiger partial charge in [-0.1, -0.05) is 6.92 Å². The molecule has 0 aliphatic carbocycles. The monoisotopic (exact) mass is 360 g/mol. The third-order valence-corrected chi connectivity index (χ3v) is 5.96. The first-order valence-corrected chi connectivity index (χ1v) is 10.8. The Labute approximate surface area is 141 Å². The molecule has 0 bridgehead atoms. The molecule has 0 atom stereocenters. The summed E-state index contributed by atoms with van der Waals surface area (Å²) in [5, 5.41) is 7.33. The second-order valence-electron chi connectivity index (χ2n) is 5.63. The highest BCUT2D eigenvalue weighted by molar-refractivity contribution is 7.99. The molecule has 23 heavy (non-hydrogen) atoms. The summed E-state index contributed by atoms with van der Waals surface area (Å²) in [5.74, 6) is 1.45. The molecule has 9 heteroatoms. The van der Waals surface area contributed by atoms with Crippen LogP contribution in [0.15, 0.2) is 6.07 Å². The molecule has 130 valence electrons. The summed E-state index contributed by atoms with van der Waals surface area (Å²) in [5.41, 5.74) is 1.64. The van der Waals surface area contributed by atoms with Gasteiger partial charge in [-0.15, -0.1) is 0 Å². The van der Waals surface area contributed by atoms with E-state index in [1.54, 1.807) is 11.8 Å². The van der Waals surface area contributed by atoms with Crippen LogP contribution in [-0.2, 0) is 34.5 Å². The van der Waals surface area contributed by atoms with Crippen molar-refractivity contribution in [3.05, 3.63) is 17.5 Å². The maximum absolute atomic E-state index is 11.7. The third kappa shape index (κ3) is 5.50. The van der Waals surface area contributed by atoms with E-state index in [0.29, 0.717) is 31.9 Å².